The van der Waals surface area contributed by atoms with Crippen LogP contribution in [0.3, 0.4) is 0 Å². The van der Waals surface area contributed by atoms with Crippen molar-refractivity contribution >= 4 is 21.9 Å². The summed E-state index contributed by atoms with van der Waals surface area (Å²) in [4.78, 5) is 0. The zero-order chi connectivity index (χ0) is 21.5. The molecule has 0 saturated heterocycles. The average Bonchev–Trinajstić information content (AvgIpc) is 3.22. The van der Waals surface area contributed by atoms with E-state index in [1.165, 1.54) is 6.07 Å². The van der Waals surface area contributed by atoms with E-state index < -0.39 is 0 Å². The summed E-state index contributed by atoms with van der Waals surface area (Å²) in [6.45, 7) is 0. The van der Waals surface area contributed by atoms with E-state index in [1.54, 1.807) is 12.1 Å². The second-order valence-corrected chi connectivity index (χ2v) is 7.97. The molecule has 1 heterocycles. The number of fused-ring (bicyclic) bond motifs is 3. The van der Waals surface area contributed by atoms with Crippen molar-refractivity contribution in [2.75, 3.05) is 0 Å². The van der Waals surface area contributed by atoms with Crippen LogP contribution in [-0.4, -0.2) is 0 Å². The molecule has 6 aromatic rings. The van der Waals surface area contributed by atoms with Gasteiger partial charge in [0.2, 0.25) is 0 Å². The molecular weight excluding hydrogens is 395 g/mol. The molecule has 0 saturated carbocycles. The zero-order valence-corrected chi connectivity index (χ0v) is 17.3. The maximum absolute atomic E-state index is 13.5. The Balaban J connectivity index is 1.31. The maximum Gasteiger partial charge on any atom is 0.135 e. The lowest BCUT2D eigenvalue weighted by atomic mass is 9.97. The van der Waals surface area contributed by atoms with E-state index >= 15 is 0 Å². The van der Waals surface area contributed by atoms with Gasteiger partial charge in [-0.15, -0.1) is 0 Å². The highest BCUT2D eigenvalue weighted by Crippen LogP contribution is 2.33. The quantitative estimate of drug-likeness (QED) is 0.282. The number of hydrogen-bond acceptors (Lipinski definition) is 1. The molecule has 0 unspecified atom stereocenters. The molecule has 0 spiro atoms. The van der Waals surface area contributed by atoms with Gasteiger partial charge >= 0.3 is 0 Å². The first-order valence-corrected chi connectivity index (χ1v) is 10.6. The van der Waals surface area contributed by atoms with E-state index in [9.17, 15) is 4.39 Å². The predicted molar refractivity (Wildman–Crippen MR) is 130 cm³/mol. The third-order valence-electron chi connectivity index (χ3n) is 5.97. The molecule has 0 bridgehead atoms. The Kier molecular flexibility index (Phi) is 4.36. The van der Waals surface area contributed by atoms with E-state index in [0.29, 0.717) is 0 Å². The summed E-state index contributed by atoms with van der Waals surface area (Å²) in [5.41, 5.74) is 8.32. The van der Waals surface area contributed by atoms with Crippen molar-refractivity contribution in [3.63, 3.8) is 0 Å². The summed E-state index contributed by atoms with van der Waals surface area (Å²) in [7, 11) is 0. The van der Waals surface area contributed by atoms with E-state index in [2.05, 4.69) is 54.6 Å². The molecule has 2 heteroatoms. The Morgan fingerprint density at radius 1 is 0.406 bits per heavy atom. The number of hydrogen-bond donors (Lipinski definition) is 0. The summed E-state index contributed by atoms with van der Waals surface area (Å²) in [5, 5.41) is 2.27. The van der Waals surface area contributed by atoms with E-state index in [-0.39, 0.29) is 5.82 Å². The van der Waals surface area contributed by atoms with E-state index in [4.69, 9.17) is 4.42 Å². The minimum Gasteiger partial charge on any atom is -0.456 e. The number of benzene rings is 5. The van der Waals surface area contributed by atoms with Gasteiger partial charge in [0.15, 0.2) is 0 Å². The highest BCUT2D eigenvalue weighted by Gasteiger charge is 2.08. The monoisotopic (exact) mass is 414 g/mol. The van der Waals surface area contributed by atoms with Crippen molar-refractivity contribution in [2.24, 2.45) is 0 Å². The summed E-state index contributed by atoms with van der Waals surface area (Å²) in [6.07, 6.45) is 0. The van der Waals surface area contributed by atoms with Gasteiger partial charge in [-0.3, -0.25) is 0 Å². The smallest absolute Gasteiger partial charge is 0.135 e. The molecule has 0 aliphatic heterocycles. The highest BCUT2D eigenvalue weighted by molar-refractivity contribution is 6.06. The van der Waals surface area contributed by atoms with Crippen molar-refractivity contribution in [1.82, 2.24) is 0 Å². The van der Waals surface area contributed by atoms with Crippen molar-refractivity contribution in [3.8, 4) is 33.4 Å². The van der Waals surface area contributed by atoms with Crippen molar-refractivity contribution in [1.29, 1.82) is 0 Å². The normalized spacial score (nSPS) is 11.3. The Labute approximate surface area is 185 Å². The topological polar surface area (TPSA) is 13.1 Å². The lowest BCUT2D eigenvalue weighted by molar-refractivity contribution is 0.628. The fraction of sp³-hybridized carbons (Fsp3) is 0. The van der Waals surface area contributed by atoms with Crippen LogP contribution in [0.25, 0.3) is 55.3 Å². The van der Waals surface area contributed by atoms with Crippen LogP contribution in [0.4, 0.5) is 4.39 Å². The van der Waals surface area contributed by atoms with Crippen LogP contribution in [0.1, 0.15) is 0 Å². The molecule has 152 valence electrons. The predicted octanol–water partition coefficient (Wildman–Crippen LogP) is 8.73. The molecular formula is C30H19FO. The van der Waals surface area contributed by atoms with Crippen LogP contribution in [0, 0.1) is 5.82 Å². The molecule has 0 fully saturated rings. The van der Waals surface area contributed by atoms with Crippen LogP contribution in [-0.2, 0) is 0 Å². The fourth-order valence-electron chi connectivity index (χ4n) is 4.28. The van der Waals surface area contributed by atoms with Gasteiger partial charge in [0.25, 0.3) is 0 Å². The first-order chi connectivity index (χ1) is 15.7. The standard InChI is InChI=1S/C30H19FO/c31-26-5-3-4-24(18-26)22-12-8-20(9-13-22)21-10-14-23(15-11-21)25-16-17-30-28(19-25)27-6-1-2-7-29(27)32-30/h1-19H. The molecule has 0 atom stereocenters. The summed E-state index contributed by atoms with van der Waals surface area (Å²) >= 11 is 0. The third-order valence-corrected chi connectivity index (χ3v) is 5.97. The zero-order valence-electron chi connectivity index (χ0n) is 17.3. The fourth-order valence-corrected chi connectivity index (χ4v) is 4.28. The van der Waals surface area contributed by atoms with Crippen LogP contribution in [0.15, 0.2) is 120 Å². The van der Waals surface area contributed by atoms with Crippen molar-refractivity contribution in [3.05, 3.63) is 121 Å². The maximum atomic E-state index is 13.5. The number of furan rings is 1. The highest BCUT2D eigenvalue weighted by atomic mass is 19.1. The molecule has 0 N–H and O–H groups in total. The molecule has 5 aromatic carbocycles. The van der Waals surface area contributed by atoms with Gasteiger partial charge in [-0.2, -0.15) is 0 Å². The molecule has 1 nitrogen and oxygen atoms in total. The first-order valence-electron chi connectivity index (χ1n) is 10.6. The number of rotatable bonds is 3. The first kappa shape index (κ1) is 18.6. The molecule has 6 rings (SSSR count). The molecule has 0 radical (unpaired) electrons. The van der Waals surface area contributed by atoms with Gasteiger partial charge < -0.3 is 4.42 Å². The van der Waals surface area contributed by atoms with Gasteiger partial charge in [-0.25, -0.2) is 4.39 Å². The van der Waals surface area contributed by atoms with Gasteiger partial charge in [0.1, 0.15) is 17.0 Å². The van der Waals surface area contributed by atoms with Crippen LogP contribution in [0.5, 0.6) is 0 Å². The SMILES string of the molecule is Fc1cccc(-c2ccc(-c3ccc(-c4ccc5oc6ccccc6c5c4)cc3)cc2)c1. The Morgan fingerprint density at radius 3 is 1.59 bits per heavy atom. The van der Waals surface area contributed by atoms with Crippen LogP contribution < -0.4 is 0 Å². The molecule has 32 heavy (non-hydrogen) atoms. The van der Waals surface area contributed by atoms with Crippen LogP contribution >= 0.6 is 0 Å². The van der Waals surface area contributed by atoms with Crippen molar-refractivity contribution in [2.45, 2.75) is 0 Å². The molecule has 0 amide bonds. The number of halogens is 1. The number of para-hydroxylation sites is 1. The lowest BCUT2D eigenvalue weighted by Crippen LogP contribution is -1.83. The van der Waals surface area contributed by atoms with Gasteiger partial charge in [0, 0.05) is 10.8 Å². The van der Waals surface area contributed by atoms with Crippen molar-refractivity contribution < 1.29 is 8.81 Å². The minimum absolute atomic E-state index is 0.219. The van der Waals surface area contributed by atoms with E-state index in [0.717, 1.165) is 55.3 Å². The lowest BCUT2D eigenvalue weighted by Gasteiger charge is -2.07. The largest absolute Gasteiger partial charge is 0.456 e. The van der Waals surface area contributed by atoms with Gasteiger partial charge in [-0.1, -0.05) is 84.9 Å². The average molecular weight is 414 g/mol. The Hall–Kier alpha value is -4.17. The second kappa shape index (κ2) is 7.51. The molecule has 1 aromatic heterocycles. The van der Waals surface area contributed by atoms with Gasteiger partial charge in [-0.05, 0) is 63.7 Å². The Morgan fingerprint density at radius 2 is 0.938 bits per heavy atom. The summed E-state index contributed by atoms with van der Waals surface area (Å²) < 4.78 is 19.5. The summed E-state index contributed by atoms with van der Waals surface area (Å²) in [5.74, 6) is -0.219. The third kappa shape index (κ3) is 3.27. The molecule has 0 aliphatic rings. The molecule has 0 aliphatic carbocycles. The Bertz CT molecular complexity index is 1560. The van der Waals surface area contributed by atoms with Gasteiger partial charge in [0.05, 0.1) is 0 Å². The van der Waals surface area contributed by atoms with Crippen LogP contribution in [0.2, 0.25) is 0 Å². The minimum atomic E-state index is -0.219. The van der Waals surface area contributed by atoms with E-state index in [1.807, 2.05) is 42.5 Å². The second-order valence-electron chi connectivity index (χ2n) is 7.97. The summed E-state index contributed by atoms with van der Waals surface area (Å²) in [6, 6.07) is 38.0.